The third-order valence-electron chi connectivity index (χ3n) is 4.84. The van der Waals surface area contributed by atoms with E-state index in [4.69, 9.17) is 21.2 Å². The summed E-state index contributed by atoms with van der Waals surface area (Å²) in [5, 5.41) is 14.8. The third-order valence-corrected chi connectivity index (χ3v) is 5.09. The molecule has 148 valence electrons. The fraction of sp³-hybridized carbons (Fsp3) is 0.364. The largest absolute Gasteiger partial charge is 0.478 e. The predicted molar refractivity (Wildman–Crippen MR) is 108 cm³/mol. The van der Waals surface area contributed by atoms with Gasteiger partial charge in [-0.3, -0.25) is 0 Å². The Kier molecular flexibility index (Phi) is 6.70. The van der Waals surface area contributed by atoms with Crippen LogP contribution in [0, 0.1) is 0 Å². The molecule has 0 aliphatic carbocycles. The molecule has 0 radical (unpaired) electrons. The molecule has 5 nitrogen and oxygen atoms in total. The molecule has 0 saturated heterocycles. The van der Waals surface area contributed by atoms with E-state index in [-0.39, 0.29) is 13.0 Å². The van der Waals surface area contributed by atoms with Crippen LogP contribution in [0.4, 0.5) is 0 Å². The molecule has 2 unspecified atom stereocenters. The van der Waals surface area contributed by atoms with Crippen molar-refractivity contribution >= 4 is 23.3 Å². The predicted octanol–water partition coefficient (Wildman–Crippen LogP) is 5.39. The number of hydrogen-bond acceptors (Lipinski definition) is 4. The van der Waals surface area contributed by atoms with Gasteiger partial charge in [0, 0.05) is 11.4 Å². The van der Waals surface area contributed by atoms with Gasteiger partial charge in [0.05, 0.1) is 12.3 Å². The van der Waals surface area contributed by atoms with Crippen LogP contribution in [-0.4, -0.2) is 22.4 Å². The number of benzene rings is 2. The van der Waals surface area contributed by atoms with E-state index in [0.29, 0.717) is 10.6 Å². The molecule has 2 aromatic rings. The molecule has 1 aliphatic heterocycles. The Balaban J connectivity index is 1.89. The Morgan fingerprint density at radius 3 is 2.61 bits per heavy atom. The highest BCUT2D eigenvalue weighted by Crippen LogP contribution is 2.41. The maximum atomic E-state index is 12.3. The van der Waals surface area contributed by atoms with Crippen LogP contribution in [0.5, 0.6) is 0 Å². The normalized spacial score (nSPS) is 19.7. The fourth-order valence-electron chi connectivity index (χ4n) is 3.29. The van der Waals surface area contributed by atoms with E-state index in [0.717, 1.165) is 30.5 Å². The average Bonchev–Trinajstić information content (AvgIpc) is 3.14. The Labute approximate surface area is 169 Å². The van der Waals surface area contributed by atoms with E-state index in [1.54, 1.807) is 24.3 Å². The molecule has 1 N–H and O–H groups in total. The second-order valence-electron chi connectivity index (χ2n) is 6.95. The fourth-order valence-corrected chi connectivity index (χ4v) is 3.41. The lowest BCUT2D eigenvalue weighted by molar-refractivity contribution is -0.187. The minimum atomic E-state index is -1.59. The van der Waals surface area contributed by atoms with Crippen molar-refractivity contribution in [3.05, 3.63) is 70.7 Å². The first-order chi connectivity index (χ1) is 13.5. The van der Waals surface area contributed by atoms with Crippen molar-refractivity contribution < 1.29 is 19.5 Å². The van der Waals surface area contributed by atoms with Crippen LogP contribution in [0.3, 0.4) is 0 Å². The Morgan fingerprint density at radius 1 is 1.25 bits per heavy atom. The van der Waals surface area contributed by atoms with Gasteiger partial charge < -0.3 is 14.7 Å². The van der Waals surface area contributed by atoms with E-state index in [1.165, 1.54) is 0 Å². The van der Waals surface area contributed by atoms with Crippen LogP contribution in [0.15, 0.2) is 59.8 Å². The number of carbonyl (C=O) groups is 1. The van der Waals surface area contributed by atoms with Crippen molar-refractivity contribution in [1.82, 2.24) is 0 Å². The number of unbranched alkanes of at least 4 members (excludes halogenated alkanes) is 1. The van der Waals surface area contributed by atoms with Gasteiger partial charge in [-0.1, -0.05) is 72.6 Å². The van der Waals surface area contributed by atoms with Crippen LogP contribution < -0.4 is 0 Å². The van der Waals surface area contributed by atoms with E-state index >= 15 is 0 Å². The minimum Gasteiger partial charge on any atom is -0.478 e. The van der Waals surface area contributed by atoms with Gasteiger partial charge in [0.2, 0.25) is 0 Å². The highest BCUT2D eigenvalue weighted by atomic mass is 35.5. The first-order valence-electron chi connectivity index (χ1n) is 9.43. The average molecular weight is 402 g/mol. The van der Waals surface area contributed by atoms with Crippen LogP contribution in [-0.2, 0) is 21.0 Å². The molecule has 0 amide bonds. The second kappa shape index (κ2) is 9.22. The first-order valence-corrected chi connectivity index (χ1v) is 9.81. The smallest absolute Gasteiger partial charge is 0.354 e. The van der Waals surface area contributed by atoms with Crippen molar-refractivity contribution in [1.29, 1.82) is 0 Å². The number of ether oxygens (including phenoxy) is 1. The van der Waals surface area contributed by atoms with Crippen LogP contribution in [0.25, 0.3) is 0 Å². The third kappa shape index (κ3) is 4.54. The zero-order chi connectivity index (χ0) is 20.0. The summed E-state index contributed by atoms with van der Waals surface area (Å²) in [6, 6.07) is 16.6. The lowest BCUT2D eigenvalue weighted by Crippen LogP contribution is -2.46. The quantitative estimate of drug-likeness (QED) is 0.611. The van der Waals surface area contributed by atoms with E-state index in [1.807, 2.05) is 30.3 Å². The molecular formula is C22H24ClNO4. The molecule has 2 aromatic carbocycles. The summed E-state index contributed by atoms with van der Waals surface area (Å²) in [7, 11) is 0. The van der Waals surface area contributed by atoms with Crippen molar-refractivity contribution in [2.75, 3.05) is 0 Å². The van der Waals surface area contributed by atoms with Crippen molar-refractivity contribution in [2.45, 2.75) is 50.9 Å². The Morgan fingerprint density at radius 2 is 1.96 bits per heavy atom. The number of rotatable bonds is 9. The van der Waals surface area contributed by atoms with E-state index in [2.05, 4.69) is 12.1 Å². The summed E-state index contributed by atoms with van der Waals surface area (Å²) < 4.78 is 6.13. The number of carboxylic acid groups (broad SMARTS) is 1. The number of hydrogen-bond donors (Lipinski definition) is 1. The summed E-state index contributed by atoms with van der Waals surface area (Å²) in [4.78, 5) is 17.9. The van der Waals surface area contributed by atoms with Gasteiger partial charge in [-0.2, -0.15) is 0 Å². The zero-order valence-corrected chi connectivity index (χ0v) is 16.6. The van der Waals surface area contributed by atoms with Gasteiger partial charge in [0.25, 0.3) is 5.60 Å². The van der Waals surface area contributed by atoms with Gasteiger partial charge in [0.1, 0.15) is 6.10 Å². The monoisotopic (exact) mass is 401 g/mol. The maximum absolute atomic E-state index is 12.3. The maximum Gasteiger partial charge on any atom is 0.354 e. The van der Waals surface area contributed by atoms with Crippen molar-refractivity contribution in [3.63, 3.8) is 0 Å². The second-order valence-corrected chi connectivity index (χ2v) is 7.39. The molecule has 3 rings (SSSR count). The molecule has 0 bridgehead atoms. The lowest BCUT2D eigenvalue weighted by atomic mass is 9.85. The van der Waals surface area contributed by atoms with Gasteiger partial charge in [-0.25, -0.2) is 4.79 Å². The number of nitrogens with zero attached hydrogens (tertiary/aromatic N) is 1. The first kappa shape index (κ1) is 20.4. The van der Waals surface area contributed by atoms with Gasteiger partial charge in [-0.05, 0) is 36.1 Å². The highest BCUT2D eigenvalue weighted by Gasteiger charge is 2.54. The molecule has 2 atom stereocenters. The van der Waals surface area contributed by atoms with Crippen LogP contribution in [0.2, 0.25) is 5.02 Å². The van der Waals surface area contributed by atoms with Gasteiger partial charge in [0.15, 0.2) is 0 Å². The minimum absolute atomic E-state index is 0.199. The molecule has 0 spiro atoms. The summed E-state index contributed by atoms with van der Waals surface area (Å²) in [5.41, 5.74) is 0.805. The summed E-state index contributed by atoms with van der Waals surface area (Å²) in [6.45, 7) is 2.34. The van der Waals surface area contributed by atoms with E-state index < -0.39 is 17.7 Å². The molecule has 0 fully saturated rings. The molecule has 6 heteroatoms. The SMILES string of the molecule is CCCCC1=NOC(C(=O)O)(C(OCc2ccccc2)c2ccc(Cl)cc2)C1. The number of oxime groups is 1. The van der Waals surface area contributed by atoms with Crippen LogP contribution in [0.1, 0.15) is 49.8 Å². The standard InChI is InChI=1S/C22H24ClNO4/c1-2-3-9-19-14-22(21(25)26,28-24-19)20(17-10-12-18(23)13-11-17)27-15-16-7-5-4-6-8-16/h4-8,10-13,20H,2-3,9,14-15H2,1H3,(H,25,26). The molecule has 1 aliphatic rings. The Bertz CT molecular complexity index is 822. The van der Waals surface area contributed by atoms with Crippen molar-refractivity contribution in [3.8, 4) is 0 Å². The Hall–Kier alpha value is -2.37. The summed E-state index contributed by atoms with van der Waals surface area (Å²) in [5.74, 6) is -1.09. The molecule has 1 heterocycles. The van der Waals surface area contributed by atoms with Crippen molar-refractivity contribution in [2.24, 2.45) is 5.16 Å². The summed E-state index contributed by atoms with van der Waals surface area (Å²) >= 11 is 6.02. The topological polar surface area (TPSA) is 68.1 Å². The number of halogens is 1. The van der Waals surface area contributed by atoms with Crippen LogP contribution >= 0.6 is 11.6 Å². The number of carboxylic acids is 1. The lowest BCUT2D eigenvalue weighted by Gasteiger charge is -2.31. The van der Waals surface area contributed by atoms with E-state index in [9.17, 15) is 9.90 Å². The number of aliphatic carboxylic acids is 1. The van der Waals surface area contributed by atoms with Gasteiger partial charge >= 0.3 is 5.97 Å². The molecule has 0 aromatic heterocycles. The molecular weight excluding hydrogens is 378 g/mol. The molecule has 0 saturated carbocycles. The highest BCUT2D eigenvalue weighted by molar-refractivity contribution is 6.30. The van der Waals surface area contributed by atoms with Gasteiger partial charge in [-0.15, -0.1) is 0 Å². The summed E-state index contributed by atoms with van der Waals surface area (Å²) in [6.07, 6.45) is 2.03. The zero-order valence-electron chi connectivity index (χ0n) is 15.8. The molecule has 28 heavy (non-hydrogen) atoms.